The van der Waals surface area contributed by atoms with Gasteiger partial charge in [-0.15, -0.1) is 0 Å². The van der Waals surface area contributed by atoms with E-state index in [0.717, 1.165) is 5.69 Å². The van der Waals surface area contributed by atoms with E-state index in [1.54, 1.807) is 43.3 Å². The molecule has 0 saturated carbocycles. The highest BCUT2D eigenvalue weighted by Gasteiger charge is 2.22. The number of nitrogens with one attached hydrogen (secondary N) is 1. The highest BCUT2D eigenvalue weighted by Crippen LogP contribution is 2.34. The number of sulfonamides is 1. The summed E-state index contributed by atoms with van der Waals surface area (Å²) in [6.07, 6.45) is 0. The molecule has 0 saturated heterocycles. The van der Waals surface area contributed by atoms with Crippen LogP contribution in [0.2, 0.25) is 0 Å². The second-order valence-electron chi connectivity index (χ2n) is 5.87. The molecule has 3 rings (SSSR count). The molecule has 0 spiro atoms. The largest absolute Gasteiger partial charge is 0.497 e. The number of aromatic nitrogens is 1. The smallest absolute Gasteiger partial charge is 0.265 e. The summed E-state index contributed by atoms with van der Waals surface area (Å²) in [5.74, 6) is 1.57. The molecule has 1 aromatic heterocycles. The molecule has 0 radical (unpaired) electrons. The number of rotatable bonds is 7. The summed E-state index contributed by atoms with van der Waals surface area (Å²) in [4.78, 5) is -0.0205. The Hall–Kier alpha value is -3.20. The van der Waals surface area contributed by atoms with Gasteiger partial charge >= 0.3 is 0 Å². The van der Waals surface area contributed by atoms with Gasteiger partial charge in [-0.3, -0.25) is 4.72 Å². The fourth-order valence-corrected chi connectivity index (χ4v) is 3.85. The maximum atomic E-state index is 12.9. The van der Waals surface area contributed by atoms with Crippen molar-refractivity contribution in [3.63, 3.8) is 0 Å². The molecule has 0 aliphatic rings. The Labute approximate surface area is 163 Å². The van der Waals surface area contributed by atoms with Crippen molar-refractivity contribution < 1.29 is 27.2 Å². The third kappa shape index (κ3) is 3.89. The van der Waals surface area contributed by atoms with Crippen molar-refractivity contribution in [1.29, 1.82) is 0 Å². The van der Waals surface area contributed by atoms with Gasteiger partial charge in [-0.1, -0.05) is 5.16 Å². The third-order valence-electron chi connectivity index (χ3n) is 4.02. The van der Waals surface area contributed by atoms with E-state index < -0.39 is 10.0 Å². The van der Waals surface area contributed by atoms with Gasteiger partial charge in [0.1, 0.15) is 22.1 Å². The Morgan fingerprint density at radius 1 is 0.929 bits per heavy atom. The first kappa shape index (κ1) is 19.6. The zero-order valence-electron chi connectivity index (χ0n) is 15.8. The number of benzene rings is 2. The van der Waals surface area contributed by atoms with Gasteiger partial charge in [-0.05, 0) is 37.3 Å². The predicted molar refractivity (Wildman–Crippen MR) is 104 cm³/mol. The van der Waals surface area contributed by atoms with Crippen LogP contribution in [0.5, 0.6) is 17.2 Å². The fourth-order valence-electron chi connectivity index (χ4n) is 2.63. The van der Waals surface area contributed by atoms with Crippen LogP contribution in [0.4, 0.5) is 5.69 Å². The van der Waals surface area contributed by atoms with Crippen LogP contribution in [0.25, 0.3) is 11.3 Å². The molecule has 0 bridgehead atoms. The molecule has 0 atom stereocenters. The first-order chi connectivity index (χ1) is 13.4. The van der Waals surface area contributed by atoms with Crippen LogP contribution >= 0.6 is 0 Å². The molecule has 1 heterocycles. The van der Waals surface area contributed by atoms with Crippen molar-refractivity contribution in [2.75, 3.05) is 26.1 Å². The molecule has 0 amide bonds. The lowest BCUT2D eigenvalue weighted by molar-refractivity contribution is 0.395. The van der Waals surface area contributed by atoms with E-state index >= 15 is 0 Å². The number of hydrogen-bond donors (Lipinski definition) is 1. The highest BCUT2D eigenvalue weighted by atomic mass is 32.2. The van der Waals surface area contributed by atoms with Crippen LogP contribution in [-0.4, -0.2) is 34.9 Å². The molecule has 8 nitrogen and oxygen atoms in total. The molecule has 28 heavy (non-hydrogen) atoms. The maximum absolute atomic E-state index is 12.9. The van der Waals surface area contributed by atoms with E-state index in [1.807, 2.05) is 0 Å². The normalized spacial score (nSPS) is 11.1. The lowest BCUT2D eigenvalue weighted by Crippen LogP contribution is -2.14. The molecular formula is C19H20N2O6S. The first-order valence-corrected chi connectivity index (χ1v) is 9.73. The van der Waals surface area contributed by atoms with Crippen molar-refractivity contribution in [1.82, 2.24) is 5.16 Å². The minimum Gasteiger partial charge on any atom is -0.497 e. The summed E-state index contributed by atoms with van der Waals surface area (Å²) < 4.78 is 49.3. The Balaban J connectivity index is 1.97. The monoisotopic (exact) mass is 404 g/mol. The maximum Gasteiger partial charge on any atom is 0.265 e. The molecule has 0 aliphatic carbocycles. The number of anilines is 1. The molecule has 0 unspecified atom stereocenters. The van der Waals surface area contributed by atoms with E-state index in [0.29, 0.717) is 22.8 Å². The van der Waals surface area contributed by atoms with Crippen molar-refractivity contribution >= 4 is 15.7 Å². The van der Waals surface area contributed by atoms with Crippen LogP contribution in [0.1, 0.15) is 5.69 Å². The molecule has 0 aliphatic heterocycles. The highest BCUT2D eigenvalue weighted by molar-refractivity contribution is 7.92. The van der Waals surface area contributed by atoms with Crippen molar-refractivity contribution in [3.05, 3.63) is 48.2 Å². The van der Waals surface area contributed by atoms with E-state index in [4.69, 9.17) is 18.7 Å². The number of aryl methyl sites for hydroxylation is 1. The fraction of sp³-hybridized carbons (Fsp3) is 0.211. The van der Waals surface area contributed by atoms with E-state index in [1.165, 1.54) is 27.4 Å². The number of methoxy groups -OCH3 is 3. The summed E-state index contributed by atoms with van der Waals surface area (Å²) in [5, 5.41) is 3.84. The van der Waals surface area contributed by atoms with Gasteiger partial charge in [-0.25, -0.2) is 8.42 Å². The Kier molecular flexibility index (Phi) is 5.46. The summed E-state index contributed by atoms with van der Waals surface area (Å²) in [6.45, 7) is 1.80. The van der Waals surface area contributed by atoms with Crippen LogP contribution < -0.4 is 18.9 Å². The standard InChI is InChI=1S/C19H20N2O6S/c1-12-9-16(27-20-12)13-5-8-19(18(10-13)26-4)28(22,23)21-15-7-6-14(24-2)11-17(15)25-3/h5-11,21H,1-4H3. The quantitative estimate of drug-likeness (QED) is 0.643. The Bertz CT molecular complexity index is 1090. The lowest BCUT2D eigenvalue weighted by Gasteiger charge is -2.15. The first-order valence-electron chi connectivity index (χ1n) is 8.24. The van der Waals surface area contributed by atoms with Crippen LogP contribution in [0.3, 0.4) is 0 Å². The molecule has 148 valence electrons. The van der Waals surface area contributed by atoms with E-state index in [-0.39, 0.29) is 16.3 Å². The SMILES string of the molecule is COc1ccc(NS(=O)(=O)c2ccc(-c3cc(C)no3)cc2OC)c(OC)c1. The average Bonchev–Trinajstić information content (AvgIpc) is 3.13. The Morgan fingerprint density at radius 3 is 2.29 bits per heavy atom. The zero-order chi connectivity index (χ0) is 20.3. The summed E-state index contributed by atoms with van der Waals surface area (Å²) in [7, 11) is 0.417. The van der Waals surface area contributed by atoms with Crippen molar-refractivity contribution in [2.45, 2.75) is 11.8 Å². The second kappa shape index (κ2) is 7.81. The van der Waals surface area contributed by atoms with Gasteiger partial charge < -0.3 is 18.7 Å². The van der Waals surface area contributed by atoms with Crippen LogP contribution in [0, 0.1) is 6.92 Å². The molecule has 0 fully saturated rings. The molecule has 9 heteroatoms. The van der Waals surface area contributed by atoms with Gasteiger partial charge in [0.2, 0.25) is 0 Å². The third-order valence-corrected chi connectivity index (χ3v) is 5.42. The van der Waals surface area contributed by atoms with Crippen molar-refractivity contribution in [2.24, 2.45) is 0 Å². The number of ether oxygens (including phenoxy) is 3. The van der Waals surface area contributed by atoms with Gasteiger partial charge in [0.05, 0.1) is 32.7 Å². The zero-order valence-corrected chi connectivity index (χ0v) is 16.7. The summed E-state index contributed by atoms with van der Waals surface area (Å²) in [6, 6.07) is 11.2. The molecular weight excluding hydrogens is 384 g/mol. The minimum absolute atomic E-state index is 0.0205. The summed E-state index contributed by atoms with van der Waals surface area (Å²) in [5.41, 5.74) is 1.65. The minimum atomic E-state index is -3.94. The van der Waals surface area contributed by atoms with Gasteiger partial charge in [0.15, 0.2) is 5.76 Å². The van der Waals surface area contributed by atoms with Crippen molar-refractivity contribution in [3.8, 4) is 28.6 Å². The van der Waals surface area contributed by atoms with E-state index in [2.05, 4.69) is 9.88 Å². The summed E-state index contributed by atoms with van der Waals surface area (Å²) >= 11 is 0. The van der Waals surface area contributed by atoms with Gasteiger partial charge in [0, 0.05) is 17.7 Å². The molecule has 1 N–H and O–H groups in total. The predicted octanol–water partition coefficient (Wildman–Crippen LogP) is 3.48. The second-order valence-corrected chi connectivity index (χ2v) is 7.52. The average molecular weight is 404 g/mol. The van der Waals surface area contributed by atoms with Crippen LogP contribution in [-0.2, 0) is 10.0 Å². The number of hydrogen-bond acceptors (Lipinski definition) is 7. The van der Waals surface area contributed by atoms with Crippen LogP contribution in [0.15, 0.2) is 51.9 Å². The van der Waals surface area contributed by atoms with Gasteiger partial charge in [-0.2, -0.15) is 0 Å². The Morgan fingerprint density at radius 2 is 1.68 bits per heavy atom. The topological polar surface area (TPSA) is 99.9 Å². The molecule has 2 aromatic carbocycles. The number of nitrogens with zero attached hydrogens (tertiary/aromatic N) is 1. The van der Waals surface area contributed by atoms with Gasteiger partial charge in [0.25, 0.3) is 10.0 Å². The lowest BCUT2D eigenvalue weighted by atomic mass is 10.1. The molecule has 3 aromatic rings. The van der Waals surface area contributed by atoms with E-state index in [9.17, 15) is 8.42 Å².